The summed E-state index contributed by atoms with van der Waals surface area (Å²) in [7, 11) is 0. The first-order chi connectivity index (χ1) is 10.0. The van der Waals surface area contributed by atoms with Gasteiger partial charge in [-0.25, -0.2) is 0 Å². The summed E-state index contributed by atoms with van der Waals surface area (Å²) in [6.45, 7) is 1.94. The highest BCUT2D eigenvalue weighted by molar-refractivity contribution is 5.88. The molecule has 1 atom stereocenters. The summed E-state index contributed by atoms with van der Waals surface area (Å²) in [6, 6.07) is 7.17. The Hall–Kier alpha value is -2.37. The van der Waals surface area contributed by atoms with Crippen molar-refractivity contribution >= 4 is 23.4 Å². The van der Waals surface area contributed by atoms with Crippen molar-refractivity contribution in [1.82, 2.24) is 10.6 Å². The van der Waals surface area contributed by atoms with E-state index >= 15 is 0 Å². The largest absolute Gasteiger partial charge is 0.354 e. The van der Waals surface area contributed by atoms with Crippen molar-refractivity contribution in [3.05, 3.63) is 29.8 Å². The van der Waals surface area contributed by atoms with Crippen LogP contribution in [0, 0.1) is 0 Å². The molecule has 0 bridgehead atoms. The number of rotatable bonds is 4. The summed E-state index contributed by atoms with van der Waals surface area (Å²) in [5, 5.41) is 8.32. The van der Waals surface area contributed by atoms with E-state index in [1.807, 2.05) is 12.1 Å². The topological polar surface area (TPSA) is 87.3 Å². The van der Waals surface area contributed by atoms with Gasteiger partial charge in [-0.05, 0) is 24.1 Å². The Morgan fingerprint density at radius 2 is 2.00 bits per heavy atom. The van der Waals surface area contributed by atoms with Gasteiger partial charge in [-0.15, -0.1) is 0 Å². The zero-order valence-electron chi connectivity index (χ0n) is 11.9. The molecule has 21 heavy (non-hydrogen) atoms. The lowest BCUT2D eigenvalue weighted by Crippen LogP contribution is -2.48. The molecular formula is C15H19N3O3. The Morgan fingerprint density at radius 3 is 2.57 bits per heavy atom. The lowest BCUT2D eigenvalue weighted by Gasteiger charge is -2.23. The first-order valence-corrected chi connectivity index (χ1v) is 6.95. The van der Waals surface area contributed by atoms with Gasteiger partial charge in [0, 0.05) is 31.6 Å². The minimum Gasteiger partial charge on any atom is -0.354 e. The van der Waals surface area contributed by atoms with Crippen LogP contribution in [0.1, 0.15) is 25.3 Å². The van der Waals surface area contributed by atoms with Gasteiger partial charge in [0.05, 0.1) is 6.42 Å². The first kappa shape index (κ1) is 15.0. The third-order valence-corrected chi connectivity index (χ3v) is 3.27. The van der Waals surface area contributed by atoms with E-state index in [4.69, 9.17) is 0 Å². The Balaban J connectivity index is 1.82. The average molecular weight is 289 g/mol. The van der Waals surface area contributed by atoms with Crippen LogP contribution in [0.25, 0.3) is 0 Å². The van der Waals surface area contributed by atoms with Gasteiger partial charge in [0.1, 0.15) is 0 Å². The van der Waals surface area contributed by atoms with E-state index in [-0.39, 0.29) is 30.2 Å². The SMILES string of the molecule is CC(=O)Nc1ccc(CC(=O)NC2CCC(=O)NC2)cc1. The van der Waals surface area contributed by atoms with Gasteiger partial charge in [-0.1, -0.05) is 12.1 Å². The van der Waals surface area contributed by atoms with Crippen LogP contribution in [-0.2, 0) is 20.8 Å². The van der Waals surface area contributed by atoms with E-state index in [1.165, 1.54) is 6.92 Å². The van der Waals surface area contributed by atoms with Crippen LogP contribution in [-0.4, -0.2) is 30.3 Å². The molecule has 0 aromatic heterocycles. The van der Waals surface area contributed by atoms with Crippen LogP contribution in [0.2, 0.25) is 0 Å². The summed E-state index contributed by atoms with van der Waals surface area (Å²) in [4.78, 5) is 33.9. The standard InChI is InChI=1S/C15H19N3O3/c1-10(19)17-12-4-2-11(3-5-12)8-15(21)18-13-6-7-14(20)16-9-13/h2-5,13H,6-9H2,1H3,(H,16,20)(H,17,19)(H,18,21). The minimum atomic E-state index is -0.125. The number of nitrogens with one attached hydrogen (secondary N) is 3. The maximum Gasteiger partial charge on any atom is 0.224 e. The maximum absolute atomic E-state index is 11.9. The highest BCUT2D eigenvalue weighted by Gasteiger charge is 2.19. The van der Waals surface area contributed by atoms with E-state index in [2.05, 4.69) is 16.0 Å². The first-order valence-electron chi connectivity index (χ1n) is 6.95. The predicted octanol–water partition coefficient (Wildman–Crippen LogP) is 0.582. The lowest BCUT2D eigenvalue weighted by atomic mass is 10.1. The van der Waals surface area contributed by atoms with Crippen molar-refractivity contribution in [1.29, 1.82) is 0 Å². The molecule has 1 saturated heterocycles. The van der Waals surface area contributed by atoms with E-state index in [0.29, 0.717) is 25.1 Å². The Kier molecular flexibility index (Phi) is 4.92. The summed E-state index contributed by atoms with van der Waals surface area (Å²) in [6.07, 6.45) is 1.42. The molecule has 1 aliphatic heterocycles. The van der Waals surface area contributed by atoms with Crippen molar-refractivity contribution in [3.63, 3.8) is 0 Å². The quantitative estimate of drug-likeness (QED) is 0.758. The molecule has 112 valence electrons. The highest BCUT2D eigenvalue weighted by Crippen LogP contribution is 2.10. The number of hydrogen-bond acceptors (Lipinski definition) is 3. The molecule has 0 radical (unpaired) electrons. The zero-order chi connectivity index (χ0) is 15.2. The molecule has 6 nitrogen and oxygen atoms in total. The number of benzene rings is 1. The van der Waals surface area contributed by atoms with Crippen LogP contribution in [0.3, 0.4) is 0 Å². The molecule has 0 saturated carbocycles. The molecule has 0 aliphatic carbocycles. The molecule has 2 rings (SSSR count). The fourth-order valence-electron chi connectivity index (χ4n) is 2.23. The second-order valence-electron chi connectivity index (χ2n) is 5.16. The number of piperidine rings is 1. The predicted molar refractivity (Wildman–Crippen MR) is 78.6 cm³/mol. The van der Waals surface area contributed by atoms with Gasteiger partial charge in [0.15, 0.2) is 0 Å². The second kappa shape index (κ2) is 6.88. The van der Waals surface area contributed by atoms with Crippen molar-refractivity contribution in [2.24, 2.45) is 0 Å². The van der Waals surface area contributed by atoms with Gasteiger partial charge in [-0.2, -0.15) is 0 Å². The molecule has 1 fully saturated rings. The van der Waals surface area contributed by atoms with Gasteiger partial charge < -0.3 is 16.0 Å². The van der Waals surface area contributed by atoms with Crippen LogP contribution < -0.4 is 16.0 Å². The summed E-state index contributed by atoms with van der Waals surface area (Å²) in [5.41, 5.74) is 1.59. The van der Waals surface area contributed by atoms with Crippen molar-refractivity contribution < 1.29 is 14.4 Å². The van der Waals surface area contributed by atoms with Crippen molar-refractivity contribution in [2.45, 2.75) is 32.2 Å². The summed E-state index contributed by atoms with van der Waals surface area (Å²) < 4.78 is 0. The zero-order valence-corrected chi connectivity index (χ0v) is 11.9. The molecule has 6 heteroatoms. The van der Waals surface area contributed by atoms with Gasteiger partial charge >= 0.3 is 0 Å². The maximum atomic E-state index is 11.9. The van der Waals surface area contributed by atoms with Crippen LogP contribution in [0.15, 0.2) is 24.3 Å². The van der Waals surface area contributed by atoms with Crippen LogP contribution in [0.4, 0.5) is 5.69 Å². The second-order valence-corrected chi connectivity index (χ2v) is 5.16. The smallest absolute Gasteiger partial charge is 0.224 e. The monoisotopic (exact) mass is 289 g/mol. The molecule has 3 N–H and O–H groups in total. The minimum absolute atomic E-state index is 0.00820. The van der Waals surface area contributed by atoms with E-state index in [0.717, 1.165) is 5.56 Å². The normalized spacial score (nSPS) is 17.8. The molecule has 1 aromatic rings. The summed E-state index contributed by atoms with van der Waals surface area (Å²) >= 11 is 0. The molecule has 3 amide bonds. The number of anilines is 1. The van der Waals surface area contributed by atoms with Crippen molar-refractivity contribution in [2.75, 3.05) is 11.9 Å². The van der Waals surface area contributed by atoms with E-state index in [1.54, 1.807) is 12.1 Å². The summed E-state index contributed by atoms with van der Waals surface area (Å²) in [5.74, 6) is -0.155. The molecule has 0 spiro atoms. The number of carbonyl (C=O) groups is 3. The Labute approximate surface area is 123 Å². The molecule has 1 aromatic carbocycles. The van der Waals surface area contributed by atoms with E-state index in [9.17, 15) is 14.4 Å². The van der Waals surface area contributed by atoms with Gasteiger partial charge in [0.2, 0.25) is 17.7 Å². The Bertz CT molecular complexity index is 530. The van der Waals surface area contributed by atoms with Gasteiger partial charge in [0.25, 0.3) is 0 Å². The molecule has 1 heterocycles. The lowest BCUT2D eigenvalue weighted by molar-refractivity contribution is -0.125. The number of carbonyl (C=O) groups excluding carboxylic acids is 3. The third-order valence-electron chi connectivity index (χ3n) is 3.27. The van der Waals surface area contributed by atoms with Crippen molar-refractivity contribution in [3.8, 4) is 0 Å². The fraction of sp³-hybridized carbons (Fsp3) is 0.400. The number of hydrogen-bond donors (Lipinski definition) is 3. The van der Waals surface area contributed by atoms with Crippen LogP contribution >= 0.6 is 0 Å². The number of amides is 3. The average Bonchev–Trinajstić information content (AvgIpc) is 2.43. The molecular weight excluding hydrogens is 270 g/mol. The fourth-order valence-corrected chi connectivity index (χ4v) is 2.23. The van der Waals surface area contributed by atoms with Crippen LogP contribution in [0.5, 0.6) is 0 Å². The molecule has 1 unspecified atom stereocenters. The van der Waals surface area contributed by atoms with E-state index < -0.39 is 0 Å². The highest BCUT2D eigenvalue weighted by atomic mass is 16.2. The third kappa shape index (κ3) is 4.91. The Morgan fingerprint density at radius 1 is 1.29 bits per heavy atom. The van der Waals surface area contributed by atoms with Gasteiger partial charge in [-0.3, -0.25) is 14.4 Å². The molecule has 1 aliphatic rings.